The molecule has 0 unspecified atom stereocenters. The normalized spacial score (nSPS) is 11.0. The Hall–Kier alpha value is -3.38. The molecule has 30 heavy (non-hydrogen) atoms. The first-order valence-corrected chi connectivity index (χ1v) is 9.88. The molecule has 0 aliphatic heterocycles. The Bertz CT molecular complexity index is 1240. The van der Waals surface area contributed by atoms with E-state index in [4.69, 9.17) is 16.3 Å². The van der Waals surface area contributed by atoms with Crippen LogP contribution in [-0.2, 0) is 11.3 Å². The molecule has 0 bridgehead atoms. The number of aromatic amines is 1. The highest BCUT2D eigenvalue weighted by Gasteiger charge is 2.24. The Morgan fingerprint density at radius 3 is 2.50 bits per heavy atom. The van der Waals surface area contributed by atoms with Gasteiger partial charge in [-0.3, -0.25) is 4.79 Å². The predicted octanol–water partition coefficient (Wildman–Crippen LogP) is 4.72. The summed E-state index contributed by atoms with van der Waals surface area (Å²) in [5, 5.41) is 5.35. The highest BCUT2D eigenvalue weighted by molar-refractivity contribution is 6.32. The van der Waals surface area contributed by atoms with Crippen molar-refractivity contribution in [2.24, 2.45) is 0 Å². The number of aryl methyl sites for hydroxylation is 2. The monoisotopic (exact) mass is 421 g/mol. The average molecular weight is 422 g/mol. The van der Waals surface area contributed by atoms with Crippen LogP contribution in [0.2, 0.25) is 5.15 Å². The van der Waals surface area contributed by atoms with Gasteiger partial charge in [-0.15, -0.1) is 0 Å². The van der Waals surface area contributed by atoms with Gasteiger partial charge >= 0.3 is 5.97 Å². The summed E-state index contributed by atoms with van der Waals surface area (Å²) in [5.41, 5.74) is 3.77. The van der Waals surface area contributed by atoms with Crippen molar-refractivity contribution in [3.8, 4) is 0 Å². The predicted molar refractivity (Wildman–Crippen MR) is 115 cm³/mol. The van der Waals surface area contributed by atoms with Crippen molar-refractivity contribution in [3.63, 3.8) is 0 Å². The number of carbonyl (C=O) groups excluding carboxylic acids is 2. The lowest BCUT2D eigenvalue weighted by molar-refractivity contribution is 0.0474. The first kappa shape index (κ1) is 19.9. The number of halogens is 1. The lowest BCUT2D eigenvalue weighted by atomic mass is 10.1. The molecule has 1 N–H and O–H groups in total. The number of hydrogen-bond acceptors (Lipinski definition) is 4. The molecular formula is C23H20ClN3O3. The summed E-state index contributed by atoms with van der Waals surface area (Å²) in [4.78, 5) is 28.6. The molecule has 0 atom stereocenters. The van der Waals surface area contributed by atoms with Gasteiger partial charge < -0.3 is 9.72 Å². The van der Waals surface area contributed by atoms with Crippen molar-refractivity contribution in [1.29, 1.82) is 0 Å². The number of nitrogens with one attached hydrogen (secondary N) is 1. The third kappa shape index (κ3) is 3.74. The maximum absolute atomic E-state index is 12.7. The van der Waals surface area contributed by atoms with Gasteiger partial charge in [-0.25, -0.2) is 9.48 Å². The smallest absolute Gasteiger partial charge is 0.343 e. The van der Waals surface area contributed by atoms with E-state index in [1.807, 2.05) is 61.5 Å². The number of fused-ring (bicyclic) bond motifs is 1. The minimum atomic E-state index is -0.664. The molecule has 0 spiro atoms. The molecule has 4 rings (SSSR count). The molecule has 0 amide bonds. The standard InChI is InChI=1S/C23H20ClN3O3/c1-14-20(17-10-6-7-11-18(17)25-14)19(28)13-30-23(29)21-15(2)26-27(22(21)24)12-16-8-4-3-5-9-16/h3-11,25H,12-13H2,1-2H3. The first-order chi connectivity index (χ1) is 14.5. The molecular weight excluding hydrogens is 402 g/mol. The number of Topliss-reactive ketones (excluding diaryl/α,β-unsaturated/α-hetero) is 1. The average Bonchev–Trinajstić information content (AvgIpc) is 3.21. The number of ether oxygens (including phenoxy) is 1. The molecule has 7 heteroatoms. The SMILES string of the molecule is Cc1nn(Cc2ccccc2)c(Cl)c1C(=O)OCC(=O)c1c(C)[nH]c2ccccc12. The van der Waals surface area contributed by atoms with Crippen LogP contribution in [0.3, 0.4) is 0 Å². The van der Waals surface area contributed by atoms with Crippen LogP contribution in [0.4, 0.5) is 0 Å². The second-order valence-corrected chi connectivity index (χ2v) is 7.42. The van der Waals surface area contributed by atoms with Gasteiger partial charge in [0.15, 0.2) is 6.61 Å². The van der Waals surface area contributed by atoms with Crippen LogP contribution in [0.25, 0.3) is 10.9 Å². The topological polar surface area (TPSA) is 77.0 Å². The second-order valence-electron chi connectivity index (χ2n) is 7.06. The molecule has 2 heterocycles. The minimum absolute atomic E-state index is 0.177. The maximum Gasteiger partial charge on any atom is 0.343 e. The van der Waals surface area contributed by atoms with E-state index < -0.39 is 5.97 Å². The zero-order valence-corrected chi connectivity index (χ0v) is 17.4. The van der Waals surface area contributed by atoms with Gasteiger partial charge in [0.05, 0.1) is 12.2 Å². The summed E-state index contributed by atoms with van der Waals surface area (Å²) in [6.45, 7) is 3.57. The van der Waals surface area contributed by atoms with E-state index in [0.717, 1.165) is 22.2 Å². The number of hydrogen-bond donors (Lipinski definition) is 1. The molecule has 2 aromatic carbocycles. The van der Waals surface area contributed by atoms with Gasteiger partial charge in [0.1, 0.15) is 10.7 Å². The summed E-state index contributed by atoms with van der Waals surface area (Å²) >= 11 is 6.40. The van der Waals surface area contributed by atoms with E-state index in [1.165, 1.54) is 0 Å². The van der Waals surface area contributed by atoms with Crippen molar-refractivity contribution >= 4 is 34.3 Å². The van der Waals surface area contributed by atoms with Crippen molar-refractivity contribution < 1.29 is 14.3 Å². The number of nitrogens with zero attached hydrogens (tertiary/aromatic N) is 2. The van der Waals surface area contributed by atoms with Crippen LogP contribution >= 0.6 is 11.6 Å². The minimum Gasteiger partial charge on any atom is -0.454 e. The fraction of sp³-hybridized carbons (Fsp3) is 0.174. The number of para-hydroxylation sites is 1. The number of aromatic nitrogens is 3. The van der Waals surface area contributed by atoms with Crippen molar-refractivity contribution in [2.45, 2.75) is 20.4 Å². The highest BCUT2D eigenvalue weighted by Crippen LogP contribution is 2.24. The molecule has 152 valence electrons. The third-order valence-corrected chi connectivity index (χ3v) is 5.34. The van der Waals surface area contributed by atoms with Crippen LogP contribution in [0.5, 0.6) is 0 Å². The van der Waals surface area contributed by atoms with Crippen molar-refractivity contribution in [2.75, 3.05) is 6.61 Å². The Morgan fingerprint density at radius 2 is 1.73 bits per heavy atom. The fourth-order valence-corrected chi connectivity index (χ4v) is 3.87. The van der Waals surface area contributed by atoms with E-state index in [1.54, 1.807) is 11.6 Å². The Balaban J connectivity index is 1.50. The Labute approximate surface area is 178 Å². The largest absolute Gasteiger partial charge is 0.454 e. The second kappa shape index (κ2) is 8.16. The molecule has 2 aromatic heterocycles. The Kier molecular flexibility index (Phi) is 5.42. The van der Waals surface area contributed by atoms with Crippen molar-refractivity contribution in [1.82, 2.24) is 14.8 Å². The van der Waals surface area contributed by atoms with E-state index >= 15 is 0 Å². The summed E-state index contributed by atoms with van der Waals surface area (Å²) in [5.74, 6) is -0.939. The van der Waals surface area contributed by atoms with Crippen LogP contribution < -0.4 is 0 Å². The number of H-pyrrole nitrogens is 1. The number of esters is 1. The maximum atomic E-state index is 12.7. The molecule has 0 saturated carbocycles. The molecule has 0 radical (unpaired) electrons. The van der Waals surface area contributed by atoms with Crippen LogP contribution in [0.15, 0.2) is 54.6 Å². The fourth-order valence-electron chi connectivity index (χ4n) is 3.56. The van der Waals surface area contributed by atoms with E-state index in [0.29, 0.717) is 17.8 Å². The van der Waals surface area contributed by atoms with Crippen LogP contribution in [-0.4, -0.2) is 33.1 Å². The van der Waals surface area contributed by atoms with Crippen molar-refractivity contribution in [3.05, 3.63) is 87.8 Å². The van der Waals surface area contributed by atoms with Gasteiger partial charge in [-0.2, -0.15) is 5.10 Å². The molecule has 0 aliphatic carbocycles. The summed E-state index contributed by atoms with van der Waals surface area (Å²) < 4.78 is 6.85. The summed E-state index contributed by atoms with van der Waals surface area (Å²) in [6, 6.07) is 17.2. The Morgan fingerprint density at radius 1 is 1.03 bits per heavy atom. The number of carbonyl (C=O) groups is 2. The molecule has 4 aromatic rings. The van der Waals surface area contributed by atoms with E-state index in [2.05, 4.69) is 10.1 Å². The van der Waals surface area contributed by atoms with E-state index in [-0.39, 0.29) is 23.1 Å². The number of ketones is 1. The van der Waals surface area contributed by atoms with Gasteiger partial charge in [-0.05, 0) is 25.5 Å². The number of benzene rings is 2. The van der Waals surface area contributed by atoms with Gasteiger partial charge in [0.25, 0.3) is 0 Å². The highest BCUT2D eigenvalue weighted by atomic mass is 35.5. The zero-order chi connectivity index (χ0) is 21.3. The summed E-state index contributed by atoms with van der Waals surface area (Å²) in [6.07, 6.45) is 0. The quantitative estimate of drug-likeness (QED) is 0.361. The summed E-state index contributed by atoms with van der Waals surface area (Å²) in [7, 11) is 0. The number of rotatable bonds is 6. The first-order valence-electron chi connectivity index (χ1n) is 9.50. The van der Waals surface area contributed by atoms with Gasteiger partial charge in [-0.1, -0.05) is 60.1 Å². The van der Waals surface area contributed by atoms with E-state index in [9.17, 15) is 9.59 Å². The van der Waals surface area contributed by atoms with Crippen LogP contribution in [0.1, 0.15) is 37.7 Å². The molecule has 0 saturated heterocycles. The molecule has 0 fully saturated rings. The lowest BCUT2D eigenvalue weighted by Gasteiger charge is -2.06. The van der Waals surface area contributed by atoms with Crippen LogP contribution in [0, 0.1) is 13.8 Å². The van der Waals surface area contributed by atoms with Gasteiger partial charge in [0.2, 0.25) is 5.78 Å². The lowest BCUT2D eigenvalue weighted by Crippen LogP contribution is -2.15. The third-order valence-electron chi connectivity index (χ3n) is 4.95. The zero-order valence-electron chi connectivity index (χ0n) is 16.6. The molecule has 0 aliphatic rings. The van der Waals surface area contributed by atoms with Gasteiger partial charge in [0, 0.05) is 22.2 Å². The molecule has 6 nitrogen and oxygen atoms in total.